The molecule has 0 aromatic heterocycles. The Morgan fingerprint density at radius 3 is 1.56 bits per heavy atom. The topological polar surface area (TPSA) is 17.1 Å². The van der Waals surface area contributed by atoms with E-state index in [0.29, 0.717) is 0 Å². The van der Waals surface area contributed by atoms with E-state index in [1.165, 1.54) is 51.8 Å². The van der Waals surface area contributed by atoms with E-state index < -0.39 is 18.4 Å². The van der Waals surface area contributed by atoms with Crippen LogP contribution in [0, 0.1) is 0 Å². The van der Waals surface area contributed by atoms with Crippen molar-refractivity contribution in [3.63, 3.8) is 0 Å². The summed E-state index contributed by atoms with van der Waals surface area (Å²) >= 11 is -2.15. The number of allylic oxidation sites excluding steroid dienone is 1. The van der Waals surface area contributed by atoms with Gasteiger partial charge in [-0.05, 0) is 0 Å². The molecule has 0 aliphatic heterocycles. The number of carbonyl (C=O) groups excluding carboxylic acids is 1. The summed E-state index contributed by atoms with van der Waals surface area (Å²) in [6.45, 7) is 8.54. The SMILES string of the molecule is CCC[CH2][Sn](/[CH]=C\C(C)=O)([CH2]CCC)[CH2]CCC. The van der Waals surface area contributed by atoms with E-state index in [4.69, 9.17) is 0 Å². The number of unbranched alkanes of at least 4 members (excludes halogenated alkanes) is 3. The molecule has 0 saturated carbocycles. The summed E-state index contributed by atoms with van der Waals surface area (Å²) in [5, 5.41) is 0. The molecule has 0 saturated heterocycles. The summed E-state index contributed by atoms with van der Waals surface area (Å²) in [5.74, 6) is 0.237. The van der Waals surface area contributed by atoms with Crippen molar-refractivity contribution in [3.8, 4) is 0 Å². The van der Waals surface area contributed by atoms with Crippen LogP contribution in [0.3, 0.4) is 0 Å². The summed E-state index contributed by atoms with van der Waals surface area (Å²) in [6.07, 6.45) is 9.89. The van der Waals surface area contributed by atoms with Crippen molar-refractivity contribution >= 4 is 24.2 Å². The molecule has 18 heavy (non-hydrogen) atoms. The second-order valence-corrected chi connectivity index (χ2v) is 18.6. The zero-order valence-electron chi connectivity index (χ0n) is 12.9. The van der Waals surface area contributed by atoms with Crippen LogP contribution in [0.1, 0.15) is 66.2 Å². The zero-order valence-corrected chi connectivity index (χ0v) is 15.8. The van der Waals surface area contributed by atoms with Gasteiger partial charge in [-0.15, -0.1) is 0 Å². The fourth-order valence-corrected chi connectivity index (χ4v) is 16.8. The van der Waals surface area contributed by atoms with E-state index in [9.17, 15) is 4.79 Å². The van der Waals surface area contributed by atoms with Crippen LogP contribution >= 0.6 is 0 Å². The average molecular weight is 359 g/mol. The van der Waals surface area contributed by atoms with Gasteiger partial charge in [0.1, 0.15) is 0 Å². The van der Waals surface area contributed by atoms with Crippen molar-refractivity contribution in [3.05, 3.63) is 10.2 Å². The van der Waals surface area contributed by atoms with Gasteiger partial charge in [-0.1, -0.05) is 0 Å². The predicted octanol–water partition coefficient (Wildman–Crippen LogP) is 5.52. The Hall–Kier alpha value is 0.209. The molecule has 0 spiro atoms. The van der Waals surface area contributed by atoms with Gasteiger partial charge < -0.3 is 0 Å². The first kappa shape index (κ1) is 18.2. The van der Waals surface area contributed by atoms with Gasteiger partial charge in [0.15, 0.2) is 0 Å². The number of ketones is 1. The summed E-state index contributed by atoms with van der Waals surface area (Å²) in [4.78, 5) is 11.3. The minimum absolute atomic E-state index is 0.237. The van der Waals surface area contributed by atoms with Gasteiger partial charge in [-0.3, -0.25) is 0 Å². The molecule has 0 radical (unpaired) electrons. The van der Waals surface area contributed by atoms with Crippen molar-refractivity contribution in [2.45, 2.75) is 79.5 Å². The molecule has 0 atom stereocenters. The van der Waals surface area contributed by atoms with Gasteiger partial charge in [-0.25, -0.2) is 0 Å². The zero-order chi connectivity index (χ0) is 13.9. The molecule has 0 bridgehead atoms. The fourth-order valence-electron chi connectivity index (χ4n) is 2.51. The third kappa shape index (κ3) is 8.33. The van der Waals surface area contributed by atoms with E-state index >= 15 is 0 Å². The van der Waals surface area contributed by atoms with E-state index in [0.717, 1.165) is 0 Å². The molecule has 0 fully saturated rings. The van der Waals surface area contributed by atoms with E-state index in [-0.39, 0.29) is 5.78 Å². The number of hydrogen-bond donors (Lipinski definition) is 0. The minimum atomic E-state index is -2.15. The maximum absolute atomic E-state index is 11.3. The molecule has 0 aromatic carbocycles. The van der Waals surface area contributed by atoms with Crippen LogP contribution in [-0.4, -0.2) is 24.2 Å². The molecule has 0 rings (SSSR count). The first-order chi connectivity index (χ1) is 8.60. The third-order valence-electron chi connectivity index (χ3n) is 3.76. The Kier molecular flexibility index (Phi) is 11.2. The van der Waals surface area contributed by atoms with Crippen molar-refractivity contribution < 1.29 is 4.79 Å². The van der Waals surface area contributed by atoms with Gasteiger partial charge in [-0.2, -0.15) is 0 Å². The maximum atomic E-state index is 11.3. The van der Waals surface area contributed by atoms with Crippen molar-refractivity contribution in [1.29, 1.82) is 0 Å². The van der Waals surface area contributed by atoms with Gasteiger partial charge in [0, 0.05) is 0 Å². The van der Waals surface area contributed by atoms with E-state index in [1.54, 1.807) is 6.92 Å². The molecule has 0 amide bonds. The van der Waals surface area contributed by atoms with Crippen LogP contribution in [0.5, 0.6) is 0 Å². The standard InChI is InChI=1S/C4H5O.3C4H9.Sn/c1-3-4(2)5;3*1-3-4-2;/h1,3H,2H3;3*1,3-4H2,2H3;. The van der Waals surface area contributed by atoms with Crippen LogP contribution in [0.2, 0.25) is 13.3 Å². The molecule has 0 unspecified atom stereocenters. The van der Waals surface area contributed by atoms with Gasteiger partial charge in [0.25, 0.3) is 0 Å². The van der Waals surface area contributed by atoms with Crippen LogP contribution < -0.4 is 0 Å². The van der Waals surface area contributed by atoms with Crippen molar-refractivity contribution in [2.75, 3.05) is 0 Å². The Bertz CT molecular complexity index is 224. The van der Waals surface area contributed by atoms with E-state index in [2.05, 4.69) is 24.9 Å². The molecule has 0 aromatic rings. The third-order valence-corrected chi connectivity index (χ3v) is 17.8. The first-order valence-electron chi connectivity index (χ1n) is 7.80. The molecule has 0 aliphatic rings. The van der Waals surface area contributed by atoms with Gasteiger partial charge in [0.2, 0.25) is 0 Å². The quantitative estimate of drug-likeness (QED) is 0.351. The molecule has 0 aliphatic carbocycles. The molecule has 1 nitrogen and oxygen atoms in total. The molecule has 2 heteroatoms. The monoisotopic (exact) mass is 360 g/mol. The van der Waals surface area contributed by atoms with Crippen LogP contribution in [0.15, 0.2) is 10.2 Å². The first-order valence-corrected chi connectivity index (χ1v) is 15.5. The van der Waals surface area contributed by atoms with Gasteiger partial charge in [0.05, 0.1) is 0 Å². The van der Waals surface area contributed by atoms with Crippen molar-refractivity contribution in [1.82, 2.24) is 0 Å². The summed E-state index contributed by atoms with van der Waals surface area (Å²) in [5.41, 5.74) is 0. The van der Waals surface area contributed by atoms with Gasteiger partial charge >= 0.3 is 119 Å². The molecule has 0 heterocycles. The Labute approximate surface area is 118 Å². The van der Waals surface area contributed by atoms with Crippen molar-refractivity contribution in [2.24, 2.45) is 0 Å². The Morgan fingerprint density at radius 2 is 1.28 bits per heavy atom. The molecule has 106 valence electrons. The summed E-state index contributed by atoms with van der Waals surface area (Å²) < 4.78 is 6.80. The van der Waals surface area contributed by atoms with Crippen LogP contribution in [0.4, 0.5) is 0 Å². The molecular formula is C16H32OSn. The number of carbonyl (C=O) groups is 1. The Balaban J connectivity index is 4.78. The van der Waals surface area contributed by atoms with Crippen LogP contribution in [-0.2, 0) is 4.79 Å². The molecular weight excluding hydrogens is 327 g/mol. The van der Waals surface area contributed by atoms with E-state index in [1.807, 2.05) is 6.08 Å². The number of hydrogen-bond acceptors (Lipinski definition) is 1. The van der Waals surface area contributed by atoms with Crippen LogP contribution in [0.25, 0.3) is 0 Å². The normalized spacial score (nSPS) is 12.2. The predicted molar refractivity (Wildman–Crippen MR) is 84.7 cm³/mol. The second-order valence-electron chi connectivity index (χ2n) is 5.62. The summed E-state index contributed by atoms with van der Waals surface area (Å²) in [7, 11) is 0. The second kappa shape index (κ2) is 11.1. The molecule has 0 N–H and O–H groups in total. The Morgan fingerprint density at radius 1 is 0.889 bits per heavy atom. The average Bonchev–Trinajstić information content (AvgIpc) is 2.37. The fraction of sp³-hybridized carbons (Fsp3) is 0.812. The number of rotatable bonds is 11. The summed E-state index contributed by atoms with van der Waals surface area (Å²) in [6, 6.07) is 0.